The molecular formula is C12H14N2O2. The van der Waals surface area contributed by atoms with Crippen molar-refractivity contribution in [2.75, 3.05) is 19.1 Å². The zero-order valence-electron chi connectivity index (χ0n) is 9.60. The van der Waals surface area contributed by atoms with Crippen molar-refractivity contribution in [3.05, 3.63) is 29.8 Å². The van der Waals surface area contributed by atoms with E-state index in [4.69, 9.17) is 5.26 Å². The molecule has 4 heteroatoms. The Balaban J connectivity index is 2.92. The van der Waals surface area contributed by atoms with Gasteiger partial charge in [-0.1, -0.05) is 6.07 Å². The second kappa shape index (κ2) is 5.17. The van der Waals surface area contributed by atoms with Crippen LogP contribution in [0.1, 0.15) is 12.5 Å². The highest BCUT2D eigenvalue weighted by Gasteiger charge is 2.18. The molecule has 1 aromatic carbocycles. The molecular weight excluding hydrogens is 204 g/mol. The van der Waals surface area contributed by atoms with Gasteiger partial charge in [-0.2, -0.15) is 5.26 Å². The number of nitriles is 1. The number of anilines is 1. The molecule has 0 radical (unpaired) electrons. The maximum absolute atomic E-state index is 11.4. The number of hydrogen-bond acceptors (Lipinski definition) is 4. The van der Waals surface area contributed by atoms with E-state index < -0.39 is 0 Å². The van der Waals surface area contributed by atoms with Gasteiger partial charge in [0.1, 0.15) is 6.04 Å². The first-order valence-corrected chi connectivity index (χ1v) is 4.91. The number of hydrogen-bond donors (Lipinski definition) is 0. The summed E-state index contributed by atoms with van der Waals surface area (Å²) in [5.74, 6) is -0.301. The largest absolute Gasteiger partial charge is 0.467 e. The molecule has 0 bridgehead atoms. The minimum atomic E-state index is -0.376. The van der Waals surface area contributed by atoms with Crippen molar-refractivity contribution in [2.24, 2.45) is 0 Å². The first-order chi connectivity index (χ1) is 7.60. The average Bonchev–Trinajstić information content (AvgIpc) is 2.36. The highest BCUT2D eigenvalue weighted by Crippen LogP contribution is 2.17. The van der Waals surface area contributed by atoms with E-state index in [0.29, 0.717) is 5.56 Å². The van der Waals surface area contributed by atoms with Crippen LogP contribution in [0, 0.1) is 11.3 Å². The van der Waals surface area contributed by atoms with Crippen molar-refractivity contribution in [1.29, 1.82) is 5.26 Å². The lowest BCUT2D eigenvalue weighted by atomic mass is 10.2. The summed E-state index contributed by atoms with van der Waals surface area (Å²) >= 11 is 0. The summed E-state index contributed by atoms with van der Waals surface area (Å²) in [4.78, 5) is 13.1. The topological polar surface area (TPSA) is 53.3 Å². The Hall–Kier alpha value is -2.02. The van der Waals surface area contributed by atoms with Crippen LogP contribution >= 0.6 is 0 Å². The molecule has 0 spiro atoms. The monoisotopic (exact) mass is 218 g/mol. The van der Waals surface area contributed by atoms with Gasteiger partial charge in [-0.3, -0.25) is 0 Å². The quantitative estimate of drug-likeness (QED) is 0.722. The van der Waals surface area contributed by atoms with Gasteiger partial charge in [0.2, 0.25) is 0 Å². The fourth-order valence-electron chi connectivity index (χ4n) is 1.35. The molecule has 0 aromatic heterocycles. The lowest BCUT2D eigenvalue weighted by molar-refractivity contribution is -0.141. The molecule has 0 saturated heterocycles. The van der Waals surface area contributed by atoms with Gasteiger partial charge in [0.05, 0.1) is 18.7 Å². The van der Waals surface area contributed by atoms with Crippen molar-refractivity contribution < 1.29 is 9.53 Å². The van der Waals surface area contributed by atoms with Crippen molar-refractivity contribution >= 4 is 11.7 Å². The first kappa shape index (κ1) is 12.1. The Labute approximate surface area is 95.0 Å². The van der Waals surface area contributed by atoms with Crippen LogP contribution in [0.4, 0.5) is 5.69 Å². The summed E-state index contributed by atoms with van der Waals surface area (Å²) in [5.41, 5.74) is 1.39. The third-order valence-electron chi connectivity index (χ3n) is 2.51. The Morgan fingerprint density at radius 3 is 2.81 bits per heavy atom. The van der Waals surface area contributed by atoms with Crippen LogP contribution in [0.3, 0.4) is 0 Å². The summed E-state index contributed by atoms with van der Waals surface area (Å²) in [5, 5.41) is 8.78. The molecule has 1 rings (SSSR count). The maximum atomic E-state index is 11.4. The van der Waals surface area contributed by atoms with Crippen molar-refractivity contribution in [3.63, 3.8) is 0 Å². The molecule has 0 fully saturated rings. The van der Waals surface area contributed by atoms with Gasteiger partial charge in [-0.05, 0) is 25.1 Å². The Kier molecular flexibility index (Phi) is 3.90. The first-order valence-electron chi connectivity index (χ1n) is 4.91. The summed E-state index contributed by atoms with van der Waals surface area (Å²) in [6.07, 6.45) is 0. The van der Waals surface area contributed by atoms with Crippen LogP contribution < -0.4 is 4.90 Å². The zero-order valence-corrected chi connectivity index (χ0v) is 9.60. The molecule has 0 N–H and O–H groups in total. The van der Waals surface area contributed by atoms with Gasteiger partial charge in [-0.25, -0.2) is 4.79 Å². The van der Waals surface area contributed by atoms with Crippen LogP contribution in [-0.2, 0) is 9.53 Å². The molecule has 1 atom stereocenters. The van der Waals surface area contributed by atoms with Crippen LogP contribution in [0.15, 0.2) is 24.3 Å². The molecule has 0 aliphatic heterocycles. The number of likely N-dealkylation sites (N-methyl/N-ethyl adjacent to an activating group) is 1. The highest BCUT2D eigenvalue weighted by atomic mass is 16.5. The van der Waals surface area contributed by atoms with Crippen molar-refractivity contribution in [3.8, 4) is 6.07 Å². The lowest BCUT2D eigenvalue weighted by Crippen LogP contribution is -2.36. The molecule has 0 amide bonds. The third-order valence-corrected chi connectivity index (χ3v) is 2.51. The predicted octanol–water partition coefficient (Wildman–Crippen LogP) is 1.56. The van der Waals surface area contributed by atoms with Gasteiger partial charge < -0.3 is 9.64 Å². The van der Waals surface area contributed by atoms with Crippen LogP contribution in [0.25, 0.3) is 0 Å². The van der Waals surface area contributed by atoms with E-state index in [2.05, 4.69) is 10.8 Å². The number of esters is 1. The second-order valence-corrected chi connectivity index (χ2v) is 3.47. The minimum Gasteiger partial charge on any atom is -0.467 e. The molecule has 0 saturated carbocycles. The van der Waals surface area contributed by atoms with E-state index in [1.165, 1.54) is 7.11 Å². The number of carbonyl (C=O) groups is 1. The van der Waals surface area contributed by atoms with E-state index >= 15 is 0 Å². The van der Waals surface area contributed by atoms with E-state index in [9.17, 15) is 4.79 Å². The summed E-state index contributed by atoms with van der Waals surface area (Å²) in [6, 6.07) is 8.78. The number of rotatable bonds is 3. The highest BCUT2D eigenvalue weighted by molar-refractivity contribution is 5.79. The Bertz CT molecular complexity index is 423. The molecule has 16 heavy (non-hydrogen) atoms. The SMILES string of the molecule is COC(=O)C(C)N(C)c1cccc(C#N)c1. The smallest absolute Gasteiger partial charge is 0.328 e. The molecule has 0 aliphatic rings. The summed E-state index contributed by atoms with van der Waals surface area (Å²) in [6.45, 7) is 1.75. The number of nitrogens with zero attached hydrogens (tertiary/aromatic N) is 2. The van der Waals surface area contributed by atoms with Crippen LogP contribution in [0.2, 0.25) is 0 Å². The lowest BCUT2D eigenvalue weighted by Gasteiger charge is -2.24. The predicted molar refractivity (Wildman–Crippen MR) is 61.0 cm³/mol. The van der Waals surface area contributed by atoms with E-state index in [1.807, 2.05) is 6.07 Å². The molecule has 0 heterocycles. The van der Waals surface area contributed by atoms with Gasteiger partial charge in [0.15, 0.2) is 0 Å². The van der Waals surface area contributed by atoms with Gasteiger partial charge in [0, 0.05) is 12.7 Å². The van der Waals surface area contributed by atoms with Crippen LogP contribution in [-0.4, -0.2) is 26.2 Å². The standard InChI is InChI=1S/C12H14N2O2/c1-9(12(15)16-3)14(2)11-6-4-5-10(7-11)8-13/h4-7,9H,1-3H3. The number of ether oxygens (including phenoxy) is 1. The molecule has 84 valence electrons. The summed E-state index contributed by atoms with van der Waals surface area (Å²) in [7, 11) is 3.15. The van der Waals surface area contributed by atoms with Gasteiger partial charge in [0.25, 0.3) is 0 Å². The van der Waals surface area contributed by atoms with E-state index in [-0.39, 0.29) is 12.0 Å². The second-order valence-electron chi connectivity index (χ2n) is 3.47. The number of methoxy groups -OCH3 is 1. The zero-order chi connectivity index (χ0) is 12.1. The Morgan fingerprint density at radius 1 is 1.56 bits per heavy atom. The number of carbonyl (C=O) groups excluding carboxylic acids is 1. The fraction of sp³-hybridized carbons (Fsp3) is 0.333. The third kappa shape index (κ3) is 2.51. The van der Waals surface area contributed by atoms with Crippen molar-refractivity contribution in [1.82, 2.24) is 0 Å². The molecule has 1 unspecified atom stereocenters. The van der Waals surface area contributed by atoms with Crippen LogP contribution in [0.5, 0.6) is 0 Å². The molecule has 1 aromatic rings. The van der Waals surface area contributed by atoms with E-state index in [0.717, 1.165) is 5.69 Å². The Morgan fingerprint density at radius 2 is 2.25 bits per heavy atom. The maximum Gasteiger partial charge on any atom is 0.328 e. The summed E-state index contributed by atoms with van der Waals surface area (Å²) < 4.78 is 4.67. The van der Waals surface area contributed by atoms with Gasteiger partial charge >= 0.3 is 5.97 Å². The average molecular weight is 218 g/mol. The normalized spacial score (nSPS) is 11.4. The minimum absolute atomic E-state index is 0.301. The fourth-order valence-corrected chi connectivity index (χ4v) is 1.35. The molecule has 4 nitrogen and oxygen atoms in total. The van der Waals surface area contributed by atoms with Gasteiger partial charge in [-0.15, -0.1) is 0 Å². The number of benzene rings is 1. The van der Waals surface area contributed by atoms with E-state index in [1.54, 1.807) is 37.1 Å². The van der Waals surface area contributed by atoms with Crippen molar-refractivity contribution in [2.45, 2.75) is 13.0 Å². The molecule has 0 aliphatic carbocycles.